The van der Waals surface area contributed by atoms with E-state index in [0.29, 0.717) is 5.56 Å². The number of H-pyrrole nitrogens is 1. The van der Waals surface area contributed by atoms with Gasteiger partial charge < -0.3 is 15.0 Å². The van der Waals surface area contributed by atoms with E-state index in [-0.39, 0.29) is 5.91 Å². The summed E-state index contributed by atoms with van der Waals surface area (Å²) in [4.78, 5) is 31.6. The van der Waals surface area contributed by atoms with E-state index < -0.39 is 11.5 Å². The molecule has 0 bridgehead atoms. The minimum absolute atomic E-state index is 0.344. The molecular formula is C13H15N3O3. The third-order valence-corrected chi connectivity index (χ3v) is 3.33. The number of amides is 1. The Morgan fingerprint density at radius 1 is 1.37 bits per heavy atom. The minimum atomic E-state index is -1.26. The van der Waals surface area contributed by atoms with Crippen LogP contribution >= 0.6 is 0 Å². The molecule has 1 aromatic carbocycles. The molecule has 0 unspecified atom stereocenters. The molecule has 100 valence electrons. The fourth-order valence-corrected chi connectivity index (χ4v) is 1.66. The number of aromatic amines is 1. The van der Waals surface area contributed by atoms with Crippen molar-refractivity contribution in [1.82, 2.24) is 14.9 Å². The highest BCUT2D eigenvalue weighted by Gasteiger charge is 2.35. The van der Waals surface area contributed by atoms with Crippen molar-refractivity contribution in [2.24, 2.45) is 0 Å². The molecule has 0 aliphatic carbocycles. The number of likely N-dealkylation sites (N-methyl/N-ethyl adjacent to an activating group) is 1. The fourth-order valence-electron chi connectivity index (χ4n) is 1.66. The van der Waals surface area contributed by atoms with Gasteiger partial charge in [-0.3, -0.25) is 4.79 Å². The number of aromatic nitrogens is 2. The Bertz CT molecular complexity index is 645. The van der Waals surface area contributed by atoms with E-state index in [0.717, 1.165) is 11.0 Å². The largest absolute Gasteiger partial charge is 0.480 e. The Balaban J connectivity index is 2.35. The van der Waals surface area contributed by atoms with Gasteiger partial charge >= 0.3 is 5.97 Å². The van der Waals surface area contributed by atoms with Crippen molar-refractivity contribution in [2.75, 3.05) is 7.05 Å². The molecule has 1 aromatic heterocycles. The number of hydrogen-bond acceptors (Lipinski definition) is 3. The molecular weight excluding hydrogens is 246 g/mol. The fraction of sp³-hybridized carbons (Fsp3) is 0.308. The molecule has 6 heteroatoms. The molecule has 0 atom stereocenters. The summed E-state index contributed by atoms with van der Waals surface area (Å²) in [6.07, 6.45) is 1.55. The van der Waals surface area contributed by atoms with Crippen LogP contribution in [0, 0.1) is 0 Å². The summed E-state index contributed by atoms with van der Waals surface area (Å²) < 4.78 is 0. The van der Waals surface area contributed by atoms with E-state index >= 15 is 0 Å². The van der Waals surface area contributed by atoms with Gasteiger partial charge in [-0.05, 0) is 32.0 Å². The van der Waals surface area contributed by atoms with Crippen LogP contribution in [0.2, 0.25) is 0 Å². The van der Waals surface area contributed by atoms with E-state index in [4.69, 9.17) is 5.11 Å². The molecule has 19 heavy (non-hydrogen) atoms. The van der Waals surface area contributed by atoms with Gasteiger partial charge in [0.25, 0.3) is 5.91 Å². The van der Waals surface area contributed by atoms with Gasteiger partial charge in [-0.25, -0.2) is 9.78 Å². The maximum Gasteiger partial charge on any atom is 0.329 e. The van der Waals surface area contributed by atoms with Gasteiger partial charge in [0, 0.05) is 12.6 Å². The second kappa shape index (κ2) is 4.38. The molecule has 1 amide bonds. The second-order valence-corrected chi connectivity index (χ2v) is 4.86. The van der Waals surface area contributed by atoms with Crippen molar-refractivity contribution in [2.45, 2.75) is 19.4 Å². The second-order valence-electron chi connectivity index (χ2n) is 4.86. The number of carboxylic acid groups (broad SMARTS) is 1. The highest BCUT2D eigenvalue weighted by Crippen LogP contribution is 2.18. The average Bonchev–Trinajstić information content (AvgIpc) is 2.83. The van der Waals surface area contributed by atoms with E-state index in [2.05, 4.69) is 9.97 Å². The first-order chi connectivity index (χ1) is 8.84. The average molecular weight is 261 g/mol. The van der Waals surface area contributed by atoms with Gasteiger partial charge in [-0.15, -0.1) is 0 Å². The van der Waals surface area contributed by atoms with Crippen molar-refractivity contribution in [3.05, 3.63) is 30.1 Å². The standard InChI is InChI=1S/C13H15N3O3/c1-13(2,12(18)19)16(3)11(17)8-4-5-9-10(6-8)15-7-14-9/h4-7H,1-3H3,(H,14,15)(H,18,19). The summed E-state index contributed by atoms with van der Waals surface area (Å²) in [6, 6.07) is 5.03. The molecule has 0 spiro atoms. The molecule has 6 nitrogen and oxygen atoms in total. The van der Waals surface area contributed by atoms with Gasteiger partial charge in [0.1, 0.15) is 5.54 Å². The number of carbonyl (C=O) groups excluding carboxylic acids is 1. The zero-order valence-electron chi connectivity index (χ0n) is 11.0. The molecule has 2 aromatic rings. The minimum Gasteiger partial charge on any atom is -0.480 e. The molecule has 0 fully saturated rings. The highest BCUT2D eigenvalue weighted by atomic mass is 16.4. The predicted molar refractivity (Wildman–Crippen MR) is 69.9 cm³/mol. The summed E-state index contributed by atoms with van der Waals surface area (Å²) >= 11 is 0. The number of rotatable bonds is 3. The Kier molecular flexibility index (Phi) is 3.01. The molecule has 2 rings (SSSR count). The third-order valence-electron chi connectivity index (χ3n) is 3.33. The van der Waals surface area contributed by atoms with E-state index in [9.17, 15) is 9.59 Å². The number of nitrogens with one attached hydrogen (secondary N) is 1. The first-order valence-corrected chi connectivity index (χ1v) is 5.78. The van der Waals surface area contributed by atoms with Gasteiger partial charge in [0.15, 0.2) is 0 Å². The summed E-state index contributed by atoms with van der Waals surface area (Å²) in [5.41, 5.74) is 0.665. The number of benzene rings is 1. The highest BCUT2D eigenvalue weighted by molar-refractivity contribution is 5.99. The zero-order valence-corrected chi connectivity index (χ0v) is 11.0. The maximum absolute atomic E-state index is 12.3. The van der Waals surface area contributed by atoms with Crippen LogP contribution in [0.25, 0.3) is 11.0 Å². The van der Waals surface area contributed by atoms with Crippen LogP contribution in [0.4, 0.5) is 0 Å². The molecule has 1 heterocycles. The Morgan fingerprint density at radius 2 is 2.05 bits per heavy atom. The lowest BCUT2D eigenvalue weighted by Gasteiger charge is -2.31. The van der Waals surface area contributed by atoms with Gasteiger partial charge in [-0.2, -0.15) is 0 Å². The Hall–Kier alpha value is -2.37. The smallest absolute Gasteiger partial charge is 0.329 e. The summed E-state index contributed by atoms with van der Waals surface area (Å²) in [7, 11) is 1.48. The van der Waals surface area contributed by atoms with Crippen LogP contribution in [0.5, 0.6) is 0 Å². The normalized spacial score (nSPS) is 11.5. The van der Waals surface area contributed by atoms with Crippen molar-refractivity contribution >= 4 is 22.9 Å². The zero-order chi connectivity index (χ0) is 14.2. The van der Waals surface area contributed by atoms with Crippen LogP contribution in [0.15, 0.2) is 24.5 Å². The van der Waals surface area contributed by atoms with E-state index in [1.165, 1.54) is 25.8 Å². The number of carboxylic acids is 1. The lowest BCUT2D eigenvalue weighted by atomic mass is 10.0. The molecule has 0 aliphatic heterocycles. The SMILES string of the molecule is CN(C(=O)c1ccc2nc[nH]c2c1)C(C)(C)C(=O)O. The van der Waals surface area contributed by atoms with Crippen molar-refractivity contribution in [1.29, 1.82) is 0 Å². The van der Waals surface area contributed by atoms with Crippen LogP contribution < -0.4 is 0 Å². The Morgan fingerprint density at radius 3 is 2.68 bits per heavy atom. The van der Waals surface area contributed by atoms with Crippen LogP contribution in [-0.2, 0) is 4.79 Å². The van der Waals surface area contributed by atoms with E-state index in [1.807, 2.05) is 0 Å². The van der Waals surface area contributed by atoms with Crippen molar-refractivity contribution in [3.63, 3.8) is 0 Å². The first kappa shape index (κ1) is 13.1. The molecule has 0 saturated carbocycles. The molecule has 0 aliphatic rings. The van der Waals surface area contributed by atoms with Crippen molar-refractivity contribution in [3.8, 4) is 0 Å². The summed E-state index contributed by atoms with van der Waals surface area (Å²) in [6.45, 7) is 2.98. The van der Waals surface area contributed by atoms with Gasteiger partial charge in [0.2, 0.25) is 0 Å². The van der Waals surface area contributed by atoms with Crippen molar-refractivity contribution < 1.29 is 14.7 Å². The number of carbonyl (C=O) groups is 2. The number of nitrogens with zero attached hydrogens (tertiary/aromatic N) is 2. The topological polar surface area (TPSA) is 86.3 Å². The number of aliphatic carboxylic acids is 1. The number of hydrogen-bond donors (Lipinski definition) is 2. The number of fused-ring (bicyclic) bond motifs is 1. The third kappa shape index (κ3) is 2.16. The Labute approximate surface area is 110 Å². The first-order valence-electron chi connectivity index (χ1n) is 5.78. The van der Waals surface area contributed by atoms with Crippen LogP contribution in [0.1, 0.15) is 24.2 Å². The predicted octanol–water partition coefficient (Wildman–Crippen LogP) is 1.50. The lowest BCUT2D eigenvalue weighted by Crippen LogP contribution is -2.50. The quantitative estimate of drug-likeness (QED) is 0.876. The summed E-state index contributed by atoms with van der Waals surface area (Å²) in [5, 5.41) is 9.14. The number of imidazole rings is 1. The maximum atomic E-state index is 12.3. The lowest BCUT2D eigenvalue weighted by molar-refractivity contribution is -0.147. The van der Waals surface area contributed by atoms with Crippen LogP contribution in [-0.4, -0.2) is 44.4 Å². The van der Waals surface area contributed by atoms with Crippen LogP contribution in [0.3, 0.4) is 0 Å². The van der Waals surface area contributed by atoms with Gasteiger partial charge in [0.05, 0.1) is 17.4 Å². The molecule has 2 N–H and O–H groups in total. The summed E-state index contributed by atoms with van der Waals surface area (Å²) in [5.74, 6) is -1.39. The van der Waals surface area contributed by atoms with Gasteiger partial charge in [-0.1, -0.05) is 0 Å². The molecule has 0 saturated heterocycles. The van der Waals surface area contributed by atoms with E-state index in [1.54, 1.807) is 24.5 Å². The monoisotopic (exact) mass is 261 g/mol. The molecule has 0 radical (unpaired) electrons.